The second-order valence-electron chi connectivity index (χ2n) is 3.34. The van der Waals surface area contributed by atoms with Gasteiger partial charge >= 0.3 is 0 Å². The number of carbonyl (C=O) groups excluding carboxylic acids is 5. The summed E-state index contributed by atoms with van der Waals surface area (Å²) in [6, 6.07) is 0. The molecule has 1 aliphatic heterocycles. The third-order valence-corrected chi connectivity index (χ3v) is 2.03. The zero-order valence-corrected chi connectivity index (χ0v) is 9.34. The molecule has 0 aromatic carbocycles. The fourth-order valence-electron chi connectivity index (χ4n) is 1.18. The molecule has 0 saturated carbocycles. The van der Waals surface area contributed by atoms with E-state index in [1.807, 2.05) is 0 Å². The normalized spacial score (nSPS) is 13.7. The molecule has 1 rings (SSSR count). The third kappa shape index (κ3) is 3.81. The lowest BCUT2D eigenvalue weighted by molar-refractivity contribution is -0.141. The van der Waals surface area contributed by atoms with Gasteiger partial charge in [0.25, 0.3) is 11.8 Å². The predicted molar refractivity (Wildman–Crippen MR) is 57.9 cm³/mol. The van der Waals surface area contributed by atoms with Crippen molar-refractivity contribution in [1.82, 2.24) is 15.5 Å². The third-order valence-electron chi connectivity index (χ3n) is 2.03. The first-order chi connectivity index (χ1) is 8.54. The van der Waals surface area contributed by atoms with Crippen molar-refractivity contribution in [3.8, 4) is 0 Å². The van der Waals surface area contributed by atoms with Crippen molar-refractivity contribution >= 4 is 29.9 Å². The number of carbonyl (C=O) groups is 5. The maximum absolute atomic E-state index is 11.3. The fraction of sp³-hybridized carbons (Fsp3) is 0.300. The summed E-state index contributed by atoms with van der Waals surface area (Å²) in [5.74, 6) is -2.31. The van der Waals surface area contributed by atoms with Gasteiger partial charge in [0, 0.05) is 12.2 Å². The molecule has 8 heteroatoms. The SMILES string of the molecule is O=CCNC(=O)CNC(=O)CN1C(=O)C=CC1=O. The highest BCUT2D eigenvalue weighted by atomic mass is 16.2. The van der Waals surface area contributed by atoms with E-state index in [1.54, 1.807) is 0 Å². The van der Waals surface area contributed by atoms with Gasteiger partial charge in [-0.15, -0.1) is 0 Å². The molecule has 1 heterocycles. The Morgan fingerprint density at radius 2 is 1.72 bits per heavy atom. The van der Waals surface area contributed by atoms with Gasteiger partial charge in [0.05, 0.1) is 13.1 Å². The molecule has 18 heavy (non-hydrogen) atoms. The lowest BCUT2D eigenvalue weighted by Gasteiger charge is -2.13. The molecule has 4 amide bonds. The smallest absolute Gasteiger partial charge is 0.254 e. The van der Waals surface area contributed by atoms with Gasteiger partial charge in [-0.1, -0.05) is 0 Å². The van der Waals surface area contributed by atoms with Gasteiger partial charge in [0.15, 0.2) is 0 Å². The molecule has 2 N–H and O–H groups in total. The van der Waals surface area contributed by atoms with E-state index in [1.165, 1.54) is 0 Å². The number of hydrogen-bond donors (Lipinski definition) is 2. The van der Waals surface area contributed by atoms with Gasteiger partial charge in [0.2, 0.25) is 11.8 Å². The molecule has 96 valence electrons. The maximum atomic E-state index is 11.3. The molecule has 0 fully saturated rings. The van der Waals surface area contributed by atoms with E-state index in [-0.39, 0.29) is 13.1 Å². The van der Waals surface area contributed by atoms with Crippen LogP contribution in [-0.4, -0.2) is 54.4 Å². The molecule has 0 aromatic rings. The van der Waals surface area contributed by atoms with Crippen molar-refractivity contribution in [3.05, 3.63) is 12.2 Å². The zero-order valence-electron chi connectivity index (χ0n) is 9.34. The highest BCUT2D eigenvalue weighted by Gasteiger charge is 2.25. The number of aldehydes is 1. The largest absolute Gasteiger partial charge is 0.348 e. The molecule has 0 saturated heterocycles. The minimum atomic E-state index is -0.637. The Balaban J connectivity index is 2.30. The van der Waals surface area contributed by atoms with Gasteiger partial charge in [-0.3, -0.25) is 24.1 Å². The Morgan fingerprint density at radius 3 is 2.28 bits per heavy atom. The molecule has 1 aliphatic rings. The first kappa shape index (κ1) is 13.6. The highest BCUT2D eigenvalue weighted by molar-refractivity contribution is 6.14. The summed E-state index contributed by atoms with van der Waals surface area (Å²) in [7, 11) is 0. The quantitative estimate of drug-likeness (QED) is 0.396. The minimum absolute atomic E-state index is 0.137. The molecule has 0 aromatic heterocycles. The average Bonchev–Trinajstić information content (AvgIpc) is 2.65. The fourth-order valence-corrected chi connectivity index (χ4v) is 1.18. The summed E-state index contributed by atoms with van der Waals surface area (Å²) >= 11 is 0. The monoisotopic (exact) mass is 253 g/mol. The summed E-state index contributed by atoms with van der Waals surface area (Å²) in [5.41, 5.74) is 0. The highest BCUT2D eigenvalue weighted by Crippen LogP contribution is 2.01. The predicted octanol–water partition coefficient (Wildman–Crippen LogP) is -2.66. The van der Waals surface area contributed by atoms with E-state index < -0.39 is 30.2 Å². The van der Waals surface area contributed by atoms with Crippen LogP contribution in [0.1, 0.15) is 0 Å². The van der Waals surface area contributed by atoms with Crippen LogP contribution in [0.5, 0.6) is 0 Å². The van der Waals surface area contributed by atoms with Crippen LogP contribution in [-0.2, 0) is 24.0 Å². The summed E-state index contributed by atoms with van der Waals surface area (Å²) < 4.78 is 0. The second kappa shape index (κ2) is 6.28. The molecule has 0 bridgehead atoms. The van der Waals surface area contributed by atoms with E-state index >= 15 is 0 Å². The van der Waals surface area contributed by atoms with Gasteiger partial charge in [0.1, 0.15) is 12.8 Å². The van der Waals surface area contributed by atoms with Crippen LogP contribution in [0, 0.1) is 0 Å². The second-order valence-corrected chi connectivity index (χ2v) is 3.34. The van der Waals surface area contributed by atoms with E-state index in [2.05, 4.69) is 10.6 Å². The lowest BCUT2D eigenvalue weighted by atomic mass is 10.4. The Bertz CT molecular complexity index is 411. The van der Waals surface area contributed by atoms with Crippen molar-refractivity contribution in [2.24, 2.45) is 0 Å². The minimum Gasteiger partial charge on any atom is -0.348 e. The summed E-state index contributed by atoms with van der Waals surface area (Å²) in [5, 5.41) is 4.44. The van der Waals surface area contributed by atoms with Crippen LogP contribution in [0.25, 0.3) is 0 Å². The molecule has 0 spiro atoms. The van der Waals surface area contributed by atoms with Crippen molar-refractivity contribution in [1.29, 1.82) is 0 Å². The Morgan fingerprint density at radius 1 is 1.11 bits per heavy atom. The number of nitrogens with one attached hydrogen (secondary N) is 2. The van der Waals surface area contributed by atoms with Gasteiger partial charge in [-0.05, 0) is 0 Å². The van der Waals surface area contributed by atoms with Crippen molar-refractivity contribution < 1.29 is 24.0 Å². The zero-order chi connectivity index (χ0) is 13.5. The van der Waals surface area contributed by atoms with Crippen molar-refractivity contribution in [3.63, 3.8) is 0 Å². The molecular weight excluding hydrogens is 242 g/mol. The molecule has 0 unspecified atom stereocenters. The average molecular weight is 253 g/mol. The molecule has 0 aliphatic carbocycles. The summed E-state index contributed by atoms with van der Waals surface area (Å²) in [6.45, 7) is -0.899. The van der Waals surface area contributed by atoms with Crippen molar-refractivity contribution in [2.45, 2.75) is 0 Å². The van der Waals surface area contributed by atoms with Gasteiger partial charge in [-0.2, -0.15) is 0 Å². The Hall–Kier alpha value is -2.51. The number of nitrogens with zero attached hydrogens (tertiary/aromatic N) is 1. The molecule has 0 atom stereocenters. The van der Waals surface area contributed by atoms with E-state index in [0.29, 0.717) is 6.29 Å². The van der Waals surface area contributed by atoms with Gasteiger partial charge in [-0.25, -0.2) is 0 Å². The summed E-state index contributed by atoms with van der Waals surface area (Å²) in [4.78, 5) is 55.3. The first-order valence-electron chi connectivity index (χ1n) is 5.05. The van der Waals surface area contributed by atoms with E-state index in [0.717, 1.165) is 17.1 Å². The number of rotatable bonds is 6. The topological polar surface area (TPSA) is 113 Å². The molecule has 0 radical (unpaired) electrons. The Kier molecular flexibility index (Phi) is 4.73. The number of amides is 4. The van der Waals surface area contributed by atoms with Gasteiger partial charge < -0.3 is 15.4 Å². The first-order valence-corrected chi connectivity index (χ1v) is 5.05. The van der Waals surface area contributed by atoms with E-state index in [9.17, 15) is 24.0 Å². The molecular formula is C10H11N3O5. The van der Waals surface area contributed by atoms with Crippen molar-refractivity contribution in [2.75, 3.05) is 19.6 Å². The number of hydrogen-bond acceptors (Lipinski definition) is 5. The number of imide groups is 1. The lowest BCUT2D eigenvalue weighted by Crippen LogP contribution is -2.44. The molecule has 8 nitrogen and oxygen atoms in total. The summed E-state index contributed by atoms with van der Waals surface area (Å²) in [6.07, 6.45) is 2.63. The van der Waals surface area contributed by atoms with Crippen LogP contribution >= 0.6 is 0 Å². The van der Waals surface area contributed by atoms with Crippen LogP contribution < -0.4 is 10.6 Å². The van der Waals surface area contributed by atoms with Crippen LogP contribution in [0.15, 0.2) is 12.2 Å². The van der Waals surface area contributed by atoms with Crippen LogP contribution in [0.3, 0.4) is 0 Å². The standard InChI is InChI=1S/C10H11N3O5/c14-4-3-11-7(15)5-12-8(16)6-13-9(17)1-2-10(13)18/h1-2,4H,3,5-6H2,(H,11,15)(H,12,16). The van der Waals surface area contributed by atoms with Crippen LogP contribution in [0.2, 0.25) is 0 Å². The van der Waals surface area contributed by atoms with Crippen LogP contribution in [0.4, 0.5) is 0 Å². The van der Waals surface area contributed by atoms with E-state index in [4.69, 9.17) is 0 Å². The Labute approximate surface area is 102 Å². The maximum Gasteiger partial charge on any atom is 0.254 e.